The fraction of sp³-hybridized carbons (Fsp3) is 0.500. The van der Waals surface area contributed by atoms with Gasteiger partial charge in [-0.25, -0.2) is 0 Å². The van der Waals surface area contributed by atoms with E-state index in [1.165, 1.54) is 18.7 Å². The van der Waals surface area contributed by atoms with Crippen LogP contribution in [0.5, 0.6) is 11.5 Å². The van der Waals surface area contributed by atoms with Crippen LogP contribution in [-0.2, 0) is 13.2 Å². The lowest BCUT2D eigenvalue weighted by molar-refractivity contribution is 0.105. The first-order valence-electron chi connectivity index (χ1n) is 10.7. The van der Waals surface area contributed by atoms with Crippen molar-refractivity contribution in [3.05, 3.63) is 59.7 Å². The predicted octanol–water partition coefficient (Wildman–Crippen LogP) is 3.39. The molecule has 3 rings (SSSR count). The SMILES string of the molecule is CCN1CCN(C(C)CNCc2ccc(OC)c(OCc3ccccc3)c2)CC1. The van der Waals surface area contributed by atoms with Crippen LogP contribution in [0.3, 0.4) is 0 Å². The molecule has 1 heterocycles. The highest BCUT2D eigenvalue weighted by Gasteiger charge is 2.19. The van der Waals surface area contributed by atoms with Crippen LogP contribution < -0.4 is 14.8 Å². The van der Waals surface area contributed by atoms with E-state index in [0.717, 1.165) is 49.8 Å². The lowest BCUT2D eigenvalue weighted by Gasteiger charge is -2.37. The van der Waals surface area contributed by atoms with Gasteiger partial charge in [0.2, 0.25) is 0 Å². The summed E-state index contributed by atoms with van der Waals surface area (Å²) in [6, 6.07) is 16.9. The van der Waals surface area contributed by atoms with Crippen molar-refractivity contribution in [2.24, 2.45) is 0 Å². The predicted molar refractivity (Wildman–Crippen MR) is 119 cm³/mol. The van der Waals surface area contributed by atoms with Gasteiger partial charge in [0.1, 0.15) is 6.61 Å². The summed E-state index contributed by atoms with van der Waals surface area (Å²) in [5.41, 5.74) is 2.35. The Bertz CT molecular complexity index is 730. The Labute approximate surface area is 175 Å². The zero-order chi connectivity index (χ0) is 20.5. The number of rotatable bonds is 10. The molecule has 5 heteroatoms. The second-order valence-electron chi connectivity index (χ2n) is 7.71. The summed E-state index contributed by atoms with van der Waals surface area (Å²) in [6.07, 6.45) is 0. The Balaban J connectivity index is 1.49. The molecule has 1 fully saturated rings. The zero-order valence-corrected chi connectivity index (χ0v) is 18.1. The molecule has 1 saturated heterocycles. The van der Waals surface area contributed by atoms with E-state index in [-0.39, 0.29) is 0 Å². The first-order chi connectivity index (χ1) is 14.2. The number of hydrogen-bond acceptors (Lipinski definition) is 5. The smallest absolute Gasteiger partial charge is 0.161 e. The third-order valence-electron chi connectivity index (χ3n) is 5.71. The molecule has 158 valence electrons. The minimum atomic E-state index is 0.537. The number of ether oxygens (including phenoxy) is 2. The van der Waals surface area contributed by atoms with E-state index in [2.05, 4.69) is 53.2 Å². The minimum Gasteiger partial charge on any atom is -0.493 e. The number of benzene rings is 2. The van der Waals surface area contributed by atoms with Gasteiger partial charge in [0.05, 0.1) is 7.11 Å². The first-order valence-corrected chi connectivity index (χ1v) is 10.7. The maximum Gasteiger partial charge on any atom is 0.161 e. The minimum absolute atomic E-state index is 0.537. The van der Waals surface area contributed by atoms with Gasteiger partial charge in [0, 0.05) is 45.3 Å². The monoisotopic (exact) mass is 397 g/mol. The van der Waals surface area contributed by atoms with E-state index < -0.39 is 0 Å². The van der Waals surface area contributed by atoms with E-state index in [1.54, 1.807) is 7.11 Å². The van der Waals surface area contributed by atoms with E-state index >= 15 is 0 Å². The second-order valence-corrected chi connectivity index (χ2v) is 7.71. The molecule has 1 unspecified atom stereocenters. The van der Waals surface area contributed by atoms with Crippen LogP contribution in [0.4, 0.5) is 0 Å². The van der Waals surface area contributed by atoms with E-state index in [0.29, 0.717) is 12.6 Å². The maximum absolute atomic E-state index is 6.03. The maximum atomic E-state index is 6.03. The van der Waals surface area contributed by atoms with Crippen molar-refractivity contribution in [2.45, 2.75) is 33.0 Å². The third kappa shape index (κ3) is 6.46. The van der Waals surface area contributed by atoms with E-state index in [9.17, 15) is 0 Å². The molecular formula is C24H35N3O2. The molecule has 0 saturated carbocycles. The van der Waals surface area contributed by atoms with E-state index in [4.69, 9.17) is 9.47 Å². The number of likely N-dealkylation sites (N-methyl/N-ethyl adjacent to an activating group) is 1. The van der Waals surface area contributed by atoms with Gasteiger partial charge in [-0.1, -0.05) is 43.3 Å². The van der Waals surface area contributed by atoms with Crippen molar-refractivity contribution in [3.8, 4) is 11.5 Å². The van der Waals surface area contributed by atoms with Crippen molar-refractivity contribution >= 4 is 0 Å². The van der Waals surface area contributed by atoms with Crippen LogP contribution in [0.25, 0.3) is 0 Å². The molecule has 0 amide bonds. The first kappa shape index (κ1) is 21.6. The quantitative estimate of drug-likeness (QED) is 0.665. The second kappa shape index (κ2) is 11.2. The normalized spacial score (nSPS) is 16.5. The van der Waals surface area contributed by atoms with Crippen molar-refractivity contribution < 1.29 is 9.47 Å². The molecule has 0 bridgehead atoms. The van der Waals surface area contributed by atoms with Crippen LogP contribution in [0.1, 0.15) is 25.0 Å². The summed E-state index contributed by atoms with van der Waals surface area (Å²) < 4.78 is 11.5. The molecule has 1 aliphatic rings. The van der Waals surface area contributed by atoms with Gasteiger partial charge in [-0.3, -0.25) is 4.90 Å². The fourth-order valence-corrected chi connectivity index (χ4v) is 3.75. The van der Waals surface area contributed by atoms with Gasteiger partial charge in [-0.15, -0.1) is 0 Å². The van der Waals surface area contributed by atoms with Crippen molar-refractivity contribution in [2.75, 3.05) is 46.4 Å². The van der Waals surface area contributed by atoms with Gasteiger partial charge in [-0.2, -0.15) is 0 Å². The molecule has 5 nitrogen and oxygen atoms in total. The summed E-state index contributed by atoms with van der Waals surface area (Å²) in [4.78, 5) is 5.10. The number of nitrogens with zero attached hydrogens (tertiary/aromatic N) is 2. The van der Waals surface area contributed by atoms with Gasteiger partial charge in [0.15, 0.2) is 11.5 Å². The highest BCUT2D eigenvalue weighted by molar-refractivity contribution is 5.43. The summed E-state index contributed by atoms with van der Waals surface area (Å²) in [7, 11) is 1.68. The third-order valence-corrected chi connectivity index (χ3v) is 5.71. The zero-order valence-electron chi connectivity index (χ0n) is 18.1. The topological polar surface area (TPSA) is 37.0 Å². The Morgan fingerprint density at radius 2 is 1.72 bits per heavy atom. The number of methoxy groups -OCH3 is 1. The molecule has 1 atom stereocenters. The van der Waals surface area contributed by atoms with Gasteiger partial charge >= 0.3 is 0 Å². The van der Waals surface area contributed by atoms with Crippen LogP contribution in [0.15, 0.2) is 48.5 Å². The summed E-state index contributed by atoms with van der Waals surface area (Å²) >= 11 is 0. The standard InChI is InChI=1S/C24H35N3O2/c1-4-26-12-14-27(15-13-26)20(2)17-25-18-22-10-11-23(28-3)24(16-22)29-19-21-8-6-5-7-9-21/h5-11,16,20,25H,4,12-15,17-19H2,1-3H3. The van der Waals surface area contributed by atoms with Crippen LogP contribution >= 0.6 is 0 Å². The molecule has 1 N–H and O–H groups in total. The highest BCUT2D eigenvalue weighted by Crippen LogP contribution is 2.29. The molecule has 29 heavy (non-hydrogen) atoms. The van der Waals surface area contributed by atoms with Crippen LogP contribution in [0.2, 0.25) is 0 Å². The Kier molecular flexibility index (Phi) is 8.35. The summed E-state index contributed by atoms with van der Waals surface area (Å²) in [5.74, 6) is 1.56. The molecule has 0 radical (unpaired) electrons. The van der Waals surface area contributed by atoms with Crippen LogP contribution in [-0.4, -0.2) is 62.2 Å². The molecule has 0 aromatic heterocycles. The largest absolute Gasteiger partial charge is 0.493 e. The Hall–Kier alpha value is -2.08. The number of piperazine rings is 1. The molecular weight excluding hydrogens is 362 g/mol. The van der Waals surface area contributed by atoms with E-state index in [1.807, 2.05) is 24.3 Å². The number of hydrogen-bond donors (Lipinski definition) is 1. The molecule has 1 aliphatic heterocycles. The summed E-state index contributed by atoms with van der Waals surface area (Å²) in [6.45, 7) is 12.8. The van der Waals surface area contributed by atoms with Gasteiger partial charge in [-0.05, 0) is 36.7 Å². The average molecular weight is 398 g/mol. The van der Waals surface area contributed by atoms with Crippen LogP contribution in [0, 0.1) is 0 Å². The summed E-state index contributed by atoms with van der Waals surface area (Å²) in [5, 5.41) is 3.61. The Morgan fingerprint density at radius 1 is 0.966 bits per heavy atom. The fourth-order valence-electron chi connectivity index (χ4n) is 3.75. The van der Waals surface area contributed by atoms with Crippen molar-refractivity contribution in [1.29, 1.82) is 0 Å². The van der Waals surface area contributed by atoms with Gasteiger partial charge < -0.3 is 19.7 Å². The Morgan fingerprint density at radius 3 is 2.41 bits per heavy atom. The van der Waals surface area contributed by atoms with Crippen molar-refractivity contribution in [1.82, 2.24) is 15.1 Å². The molecule has 0 spiro atoms. The molecule has 2 aromatic rings. The molecule has 0 aliphatic carbocycles. The average Bonchev–Trinajstić information content (AvgIpc) is 2.78. The lowest BCUT2D eigenvalue weighted by Crippen LogP contribution is -2.51. The highest BCUT2D eigenvalue weighted by atomic mass is 16.5. The lowest BCUT2D eigenvalue weighted by atomic mass is 10.2. The van der Waals surface area contributed by atoms with Crippen molar-refractivity contribution in [3.63, 3.8) is 0 Å². The van der Waals surface area contributed by atoms with Gasteiger partial charge in [0.25, 0.3) is 0 Å². The number of nitrogens with one attached hydrogen (secondary N) is 1. The molecule has 2 aromatic carbocycles.